The Bertz CT molecular complexity index is 94.9. The van der Waals surface area contributed by atoms with Crippen LogP contribution in [0, 0.1) is 0 Å². The summed E-state index contributed by atoms with van der Waals surface area (Å²) in [5.74, 6) is 0. The third-order valence-corrected chi connectivity index (χ3v) is 7.91. The van der Waals surface area contributed by atoms with Gasteiger partial charge in [-0.1, -0.05) is 0 Å². The molecule has 0 rings (SSSR count). The Kier molecular flexibility index (Phi) is 2.85. The first-order valence-electron chi connectivity index (χ1n) is 2.75. The molecule has 0 heterocycles. The number of alkyl halides is 3. The van der Waals surface area contributed by atoms with Crippen molar-refractivity contribution >= 4 is 18.4 Å². The first-order valence-corrected chi connectivity index (χ1v) is 12.7. The van der Waals surface area contributed by atoms with Crippen LogP contribution >= 0.6 is 0 Å². The van der Waals surface area contributed by atoms with E-state index in [1.165, 1.54) is 14.8 Å². The molecule has 0 radical (unpaired) electrons. The minimum atomic E-state index is -3.27. The van der Waals surface area contributed by atoms with Crippen molar-refractivity contribution in [2.75, 3.05) is 6.67 Å². The molecule has 0 nitrogen and oxygen atoms in total. The van der Waals surface area contributed by atoms with Gasteiger partial charge < -0.3 is 0 Å². The summed E-state index contributed by atoms with van der Waals surface area (Å²) in [6.45, 7) is -1.48. The van der Waals surface area contributed by atoms with Crippen molar-refractivity contribution in [2.24, 2.45) is 0 Å². The van der Waals surface area contributed by atoms with E-state index in [0.29, 0.717) is 0 Å². The van der Waals surface area contributed by atoms with Crippen LogP contribution in [0.2, 0.25) is 14.8 Å². The molecule has 0 aliphatic heterocycles. The van der Waals surface area contributed by atoms with Crippen molar-refractivity contribution in [3.63, 3.8) is 0 Å². The summed E-state index contributed by atoms with van der Waals surface area (Å²) in [6.07, 6.45) is 0. The normalized spacial score (nSPS) is 14.0. The van der Waals surface area contributed by atoms with Gasteiger partial charge in [0.2, 0.25) is 0 Å². The van der Waals surface area contributed by atoms with E-state index in [0.717, 1.165) is 0 Å². The minimum absolute atomic E-state index is 1.48. The average Bonchev–Trinajstić information content (AvgIpc) is 1.64. The quantitative estimate of drug-likeness (QED) is 0.657. The molecule has 0 fully saturated rings. The Morgan fingerprint density at radius 3 is 1.56 bits per heavy atom. The van der Waals surface area contributed by atoms with Gasteiger partial charge in [0, 0.05) is 0 Å². The third-order valence-electron chi connectivity index (χ3n) is 1.27. The summed E-state index contributed by atoms with van der Waals surface area (Å²) in [4.78, 5) is 4.57. The van der Waals surface area contributed by atoms with Gasteiger partial charge in [0.05, 0.1) is 0 Å². The van der Waals surface area contributed by atoms with E-state index in [-0.39, 0.29) is 0 Å². The monoisotopic (exact) mass is 248 g/mol. The predicted molar refractivity (Wildman–Crippen MR) is 34.3 cm³/mol. The zero-order valence-electron chi connectivity index (χ0n) is 5.84. The van der Waals surface area contributed by atoms with Gasteiger partial charge in [-0.05, 0) is 0 Å². The number of halogens is 3. The Balaban J connectivity index is 4.14. The Hall–Kier alpha value is 0.589. The average molecular weight is 247 g/mol. The van der Waals surface area contributed by atoms with Crippen LogP contribution in [0.3, 0.4) is 0 Å². The number of rotatable bonds is 2. The van der Waals surface area contributed by atoms with Gasteiger partial charge in [0.1, 0.15) is 0 Å². The van der Waals surface area contributed by atoms with Crippen molar-refractivity contribution in [1.29, 1.82) is 0 Å². The van der Waals surface area contributed by atoms with Gasteiger partial charge in [-0.15, -0.1) is 0 Å². The van der Waals surface area contributed by atoms with Gasteiger partial charge in [0.15, 0.2) is 0 Å². The molecule has 0 aromatic carbocycles. The maximum atomic E-state index is 12.4. The molecule has 0 N–H and O–H groups in total. The molecule has 0 aliphatic carbocycles. The van der Waals surface area contributed by atoms with Crippen LogP contribution in [0.4, 0.5) is 13.2 Å². The maximum absolute atomic E-state index is 12.4. The van der Waals surface area contributed by atoms with E-state index in [1.54, 1.807) is 0 Å². The molecule has 0 unspecified atom stereocenters. The summed E-state index contributed by atoms with van der Waals surface area (Å²) in [6, 6.07) is 0. The van der Waals surface area contributed by atoms with Crippen LogP contribution in [0.5, 0.6) is 0 Å². The summed E-state index contributed by atoms with van der Waals surface area (Å²) < 4.78 is 33.3. The third kappa shape index (κ3) is 2.35. The molecule has 0 saturated carbocycles. The Labute approximate surface area is 57.3 Å². The molecular weight excluding hydrogens is 236 g/mol. The van der Waals surface area contributed by atoms with E-state index in [2.05, 4.69) is 0 Å². The molecule has 0 aromatic heterocycles. The van der Waals surface area contributed by atoms with Gasteiger partial charge >= 0.3 is 57.0 Å². The van der Waals surface area contributed by atoms with Crippen LogP contribution in [-0.2, 0) is 0 Å². The van der Waals surface area contributed by atoms with Gasteiger partial charge in [0.25, 0.3) is 0 Å². The first kappa shape index (κ1) is 9.59. The zero-order chi connectivity index (χ0) is 7.71. The second kappa shape index (κ2) is 2.68. The molecule has 0 aliphatic rings. The van der Waals surface area contributed by atoms with E-state index in [9.17, 15) is 13.2 Å². The molecule has 0 spiro atoms. The molecule has 0 saturated heterocycles. The van der Waals surface area contributed by atoms with E-state index in [1.807, 2.05) is 0 Å². The van der Waals surface area contributed by atoms with Crippen LogP contribution in [0.25, 0.3) is 0 Å². The van der Waals surface area contributed by atoms with Crippen molar-refractivity contribution in [3.05, 3.63) is 0 Å². The second-order valence-corrected chi connectivity index (χ2v) is 18.0. The molecule has 4 heteroatoms. The summed E-state index contributed by atoms with van der Waals surface area (Å²) >= 11 is -3.27. The van der Waals surface area contributed by atoms with Crippen molar-refractivity contribution < 1.29 is 13.2 Å². The van der Waals surface area contributed by atoms with E-state index in [4.69, 9.17) is 0 Å². The zero-order valence-corrected chi connectivity index (χ0v) is 8.70. The fraction of sp³-hybridized carbons (Fsp3) is 1.00. The number of hydrogen-bond acceptors (Lipinski definition) is 0. The summed E-state index contributed by atoms with van der Waals surface area (Å²) in [5.41, 5.74) is 0. The van der Waals surface area contributed by atoms with Crippen LogP contribution < -0.4 is 0 Å². The van der Waals surface area contributed by atoms with Crippen molar-refractivity contribution in [2.45, 2.75) is 18.8 Å². The topological polar surface area (TPSA) is 0 Å². The molecule has 0 atom stereocenters. The molecular formula is C5H11F3Sn. The second-order valence-electron chi connectivity index (χ2n) is 3.09. The van der Waals surface area contributed by atoms with Gasteiger partial charge in [-0.2, -0.15) is 0 Å². The van der Waals surface area contributed by atoms with Gasteiger partial charge in [-0.3, -0.25) is 0 Å². The SMILES string of the molecule is [CH3][Sn]([CH3])([CH3])[C](F)(F)CF. The molecule has 0 bridgehead atoms. The molecule has 9 heavy (non-hydrogen) atoms. The Morgan fingerprint density at radius 2 is 1.56 bits per heavy atom. The number of hydrogen-bond donors (Lipinski definition) is 0. The predicted octanol–water partition coefficient (Wildman–Crippen LogP) is 2.47. The van der Waals surface area contributed by atoms with E-state index >= 15 is 0 Å². The summed E-state index contributed by atoms with van der Waals surface area (Å²) in [5, 5.41) is 0. The molecule has 56 valence electrons. The fourth-order valence-corrected chi connectivity index (χ4v) is 1.34. The standard InChI is InChI=1S/C2H2F3.3CH3.Sn/c3-1-2(4)5;;;;/h1H2;3*1H3;. The molecule has 0 aromatic rings. The fourth-order valence-electron chi connectivity index (χ4n) is 0.200. The Morgan fingerprint density at radius 1 is 1.22 bits per heavy atom. The van der Waals surface area contributed by atoms with Gasteiger partial charge in [-0.25, -0.2) is 0 Å². The van der Waals surface area contributed by atoms with Crippen molar-refractivity contribution in [3.8, 4) is 0 Å². The van der Waals surface area contributed by atoms with Crippen LogP contribution in [0.15, 0.2) is 0 Å². The van der Waals surface area contributed by atoms with Crippen LogP contribution in [-0.4, -0.2) is 29.0 Å². The molecule has 0 amide bonds. The van der Waals surface area contributed by atoms with E-state index < -0.39 is 29.0 Å². The first-order chi connectivity index (χ1) is 3.81. The van der Waals surface area contributed by atoms with Crippen LogP contribution in [0.1, 0.15) is 0 Å². The van der Waals surface area contributed by atoms with Crippen molar-refractivity contribution in [1.82, 2.24) is 0 Å². The summed E-state index contributed by atoms with van der Waals surface area (Å²) in [7, 11) is 0.